The Labute approximate surface area is 111 Å². The van der Waals surface area contributed by atoms with Gasteiger partial charge in [0.25, 0.3) is 5.91 Å². The highest BCUT2D eigenvalue weighted by Gasteiger charge is 2.37. The van der Waals surface area contributed by atoms with Gasteiger partial charge in [0.2, 0.25) is 0 Å². The monoisotopic (exact) mass is 266 g/mol. The number of rotatable bonds is 1. The van der Waals surface area contributed by atoms with Crippen LogP contribution in [0.25, 0.3) is 0 Å². The maximum atomic E-state index is 12.1. The molecule has 1 N–H and O–H groups in total. The predicted octanol–water partition coefficient (Wildman–Crippen LogP) is 1.14. The van der Waals surface area contributed by atoms with Gasteiger partial charge in [-0.3, -0.25) is 4.79 Å². The molecule has 0 bridgehead atoms. The van der Waals surface area contributed by atoms with Crippen LogP contribution in [0.3, 0.4) is 0 Å². The first-order valence-corrected chi connectivity index (χ1v) is 7.30. The van der Waals surface area contributed by atoms with E-state index in [0.717, 1.165) is 50.7 Å². The molecule has 1 amide bonds. The second kappa shape index (κ2) is 4.93. The Morgan fingerprint density at radius 2 is 2.00 bits per heavy atom. The number of hydrogen-bond acceptors (Lipinski definition) is 5. The summed E-state index contributed by atoms with van der Waals surface area (Å²) in [5.74, 6) is 0.0486. The van der Waals surface area contributed by atoms with Crippen LogP contribution < -0.4 is 5.32 Å². The summed E-state index contributed by atoms with van der Waals surface area (Å²) in [6.07, 6.45) is 6.36. The Kier molecular flexibility index (Phi) is 3.30. The number of nitrogens with one attached hydrogen (secondary N) is 1. The normalized spacial score (nSPS) is 23.2. The van der Waals surface area contributed by atoms with Crippen molar-refractivity contribution in [2.75, 3.05) is 26.2 Å². The van der Waals surface area contributed by atoms with Crippen LogP contribution in [0.4, 0.5) is 0 Å². The molecule has 2 aliphatic heterocycles. The fourth-order valence-electron chi connectivity index (χ4n) is 3.06. The minimum atomic E-state index is 0.0486. The van der Waals surface area contributed by atoms with Gasteiger partial charge in [-0.1, -0.05) is 0 Å². The molecule has 3 heterocycles. The molecule has 0 atom stereocenters. The SMILES string of the molecule is O=C(c1cnsn1)N1CCC2(CCNCC2)CC1. The standard InChI is InChI=1S/C12H18N4OS/c17-11(10-9-14-18-15-10)16-7-3-12(4-8-16)1-5-13-6-2-12/h9,13H,1-8H2. The molecule has 1 aromatic heterocycles. The molecular weight excluding hydrogens is 248 g/mol. The van der Waals surface area contributed by atoms with E-state index in [9.17, 15) is 4.79 Å². The average molecular weight is 266 g/mol. The van der Waals surface area contributed by atoms with Crippen molar-refractivity contribution < 1.29 is 4.79 Å². The first-order chi connectivity index (χ1) is 8.79. The summed E-state index contributed by atoms with van der Waals surface area (Å²) in [5, 5.41) is 3.42. The van der Waals surface area contributed by atoms with E-state index < -0.39 is 0 Å². The minimum Gasteiger partial charge on any atom is -0.337 e. The number of aromatic nitrogens is 2. The lowest BCUT2D eigenvalue weighted by Crippen LogP contribution is -2.47. The largest absolute Gasteiger partial charge is 0.337 e. The van der Waals surface area contributed by atoms with Gasteiger partial charge in [0, 0.05) is 13.1 Å². The molecule has 0 saturated carbocycles. The van der Waals surface area contributed by atoms with Crippen LogP contribution in [0.2, 0.25) is 0 Å². The maximum Gasteiger partial charge on any atom is 0.275 e. The number of carbonyl (C=O) groups excluding carboxylic acids is 1. The Morgan fingerprint density at radius 3 is 2.61 bits per heavy atom. The average Bonchev–Trinajstić information content (AvgIpc) is 2.94. The van der Waals surface area contributed by atoms with Gasteiger partial charge >= 0.3 is 0 Å². The van der Waals surface area contributed by atoms with Crippen LogP contribution >= 0.6 is 11.7 Å². The number of nitrogens with zero attached hydrogens (tertiary/aromatic N) is 3. The van der Waals surface area contributed by atoms with Crippen molar-refractivity contribution in [2.24, 2.45) is 5.41 Å². The van der Waals surface area contributed by atoms with E-state index in [0.29, 0.717) is 11.1 Å². The summed E-state index contributed by atoms with van der Waals surface area (Å²) in [6.45, 7) is 4.00. The molecule has 1 aromatic rings. The smallest absolute Gasteiger partial charge is 0.275 e. The van der Waals surface area contributed by atoms with Crippen molar-refractivity contribution in [3.05, 3.63) is 11.9 Å². The number of likely N-dealkylation sites (tertiary alicyclic amines) is 1. The van der Waals surface area contributed by atoms with Gasteiger partial charge in [0.05, 0.1) is 17.9 Å². The minimum absolute atomic E-state index is 0.0486. The number of amides is 1. The fourth-order valence-corrected chi connectivity index (χ4v) is 3.47. The number of piperidine rings is 2. The molecule has 18 heavy (non-hydrogen) atoms. The molecule has 5 nitrogen and oxygen atoms in total. The number of hydrogen-bond donors (Lipinski definition) is 1. The second-order valence-corrected chi connectivity index (χ2v) is 5.89. The third-order valence-corrected chi connectivity index (χ3v) is 4.83. The van der Waals surface area contributed by atoms with E-state index in [4.69, 9.17) is 0 Å². The highest BCUT2D eigenvalue weighted by atomic mass is 32.1. The van der Waals surface area contributed by atoms with E-state index in [1.54, 1.807) is 6.20 Å². The zero-order valence-electron chi connectivity index (χ0n) is 10.4. The van der Waals surface area contributed by atoms with Gasteiger partial charge in [0.15, 0.2) is 5.69 Å². The van der Waals surface area contributed by atoms with Gasteiger partial charge in [-0.05, 0) is 44.2 Å². The molecule has 3 rings (SSSR count). The zero-order chi connectivity index (χ0) is 12.4. The topological polar surface area (TPSA) is 58.1 Å². The second-order valence-electron chi connectivity index (χ2n) is 5.33. The quantitative estimate of drug-likeness (QED) is 0.828. The van der Waals surface area contributed by atoms with Gasteiger partial charge in [0.1, 0.15) is 0 Å². The van der Waals surface area contributed by atoms with E-state index in [1.807, 2.05) is 4.90 Å². The lowest BCUT2D eigenvalue weighted by molar-refractivity contribution is 0.0491. The first kappa shape index (κ1) is 12.0. The highest BCUT2D eigenvalue weighted by Crippen LogP contribution is 2.39. The summed E-state index contributed by atoms with van der Waals surface area (Å²) in [7, 11) is 0. The Balaban J connectivity index is 1.61. The van der Waals surface area contributed by atoms with Crippen LogP contribution in [-0.2, 0) is 0 Å². The van der Waals surface area contributed by atoms with Gasteiger partial charge in [-0.2, -0.15) is 8.75 Å². The maximum absolute atomic E-state index is 12.1. The molecule has 1 spiro atoms. The molecule has 0 aromatic carbocycles. The van der Waals surface area contributed by atoms with Gasteiger partial charge in [-0.25, -0.2) is 0 Å². The van der Waals surface area contributed by atoms with Crippen LogP contribution in [0.5, 0.6) is 0 Å². The lowest BCUT2D eigenvalue weighted by Gasteiger charge is -2.44. The Hall–Kier alpha value is -1.01. The molecule has 0 unspecified atom stereocenters. The highest BCUT2D eigenvalue weighted by molar-refractivity contribution is 6.99. The first-order valence-electron chi connectivity index (χ1n) is 6.57. The third kappa shape index (κ3) is 2.27. The van der Waals surface area contributed by atoms with Crippen molar-refractivity contribution in [3.8, 4) is 0 Å². The summed E-state index contributed by atoms with van der Waals surface area (Å²) in [5.41, 5.74) is 0.990. The Morgan fingerprint density at radius 1 is 1.28 bits per heavy atom. The molecule has 0 aliphatic carbocycles. The molecule has 2 fully saturated rings. The molecule has 2 aliphatic rings. The van der Waals surface area contributed by atoms with Crippen molar-refractivity contribution in [1.29, 1.82) is 0 Å². The van der Waals surface area contributed by atoms with Crippen molar-refractivity contribution in [2.45, 2.75) is 25.7 Å². The Bertz CT molecular complexity index is 404. The van der Waals surface area contributed by atoms with Crippen molar-refractivity contribution in [1.82, 2.24) is 19.0 Å². The van der Waals surface area contributed by atoms with Gasteiger partial charge in [-0.15, -0.1) is 0 Å². The van der Waals surface area contributed by atoms with E-state index in [-0.39, 0.29) is 5.91 Å². The van der Waals surface area contributed by atoms with Crippen LogP contribution in [-0.4, -0.2) is 45.7 Å². The van der Waals surface area contributed by atoms with E-state index >= 15 is 0 Å². The zero-order valence-corrected chi connectivity index (χ0v) is 11.2. The van der Waals surface area contributed by atoms with E-state index in [1.165, 1.54) is 12.8 Å². The van der Waals surface area contributed by atoms with Gasteiger partial charge < -0.3 is 10.2 Å². The molecular formula is C12H18N4OS. The summed E-state index contributed by atoms with van der Waals surface area (Å²) < 4.78 is 7.92. The van der Waals surface area contributed by atoms with Crippen molar-refractivity contribution in [3.63, 3.8) is 0 Å². The summed E-state index contributed by atoms with van der Waals surface area (Å²) in [6, 6.07) is 0. The molecule has 6 heteroatoms. The van der Waals surface area contributed by atoms with Crippen LogP contribution in [0.1, 0.15) is 36.2 Å². The molecule has 98 valence electrons. The van der Waals surface area contributed by atoms with Crippen molar-refractivity contribution >= 4 is 17.6 Å². The summed E-state index contributed by atoms with van der Waals surface area (Å²) >= 11 is 1.10. The lowest BCUT2D eigenvalue weighted by atomic mass is 9.71. The van der Waals surface area contributed by atoms with E-state index in [2.05, 4.69) is 14.1 Å². The van der Waals surface area contributed by atoms with Crippen LogP contribution in [0.15, 0.2) is 6.20 Å². The summed E-state index contributed by atoms with van der Waals surface area (Å²) in [4.78, 5) is 14.1. The molecule has 2 saturated heterocycles. The predicted molar refractivity (Wildman–Crippen MR) is 69.6 cm³/mol. The number of carbonyl (C=O) groups is 1. The molecule has 0 radical (unpaired) electrons. The fraction of sp³-hybridized carbons (Fsp3) is 0.750. The third-order valence-electron chi connectivity index (χ3n) is 4.36. The van der Waals surface area contributed by atoms with Crippen LogP contribution in [0, 0.1) is 5.41 Å².